The Kier molecular flexibility index (Phi) is 6.15. The zero-order valence-electron chi connectivity index (χ0n) is 13.6. The first-order chi connectivity index (χ1) is 10.9. The first-order valence-corrected chi connectivity index (χ1v) is 9.30. The Hall–Kier alpha value is -1.44. The van der Waals surface area contributed by atoms with Gasteiger partial charge in [-0.25, -0.2) is 13.1 Å². The number of nitrogens with zero attached hydrogens (tertiary/aromatic N) is 1. The summed E-state index contributed by atoms with van der Waals surface area (Å²) in [7, 11) is -2.05. The fourth-order valence-electron chi connectivity index (χ4n) is 2.53. The highest BCUT2D eigenvalue weighted by atomic mass is 32.2. The molecule has 1 amide bonds. The van der Waals surface area contributed by atoms with E-state index in [-0.39, 0.29) is 17.3 Å². The molecule has 1 aliphatic heterocycles. The molecule has 0 bridgehead atoms. The zero-order valence-corrected chi connectivity index (χ0v) is 14.4. The number of piperidine rings is 1. The van der Waals surface area contributed by atoms with E-state index in [4.69, 9.17) is 4.74 Å². The molecule has 0 unspecified atom stereocenters. The van der Waals surface area contributed by atoms with Gasteiger partial charge in [-0.3, -0.25) is 4.79 Å². The van der Waals surface area contributed by atoms with E-state index in [1.165, 1.54) is 19.2 Å². The molecule has 128 valence electrons. The third-order valence-electron chi connectivity index (χ3n) is 4.08. The molecule has 6 nitrogen and oxygen atoms in total. The number of hydrogen-bond donors (Lipinski definition) is 1. The highest BCUT2D eigenvalue weighted by molar-refractivity contribution is 7.89. The molecule has 23 heavy (non-hydrogen) atoms. The van der Waals surface area contributed by atoms with Crippen molar-refractivity contribution in [2.45, 2.75) is 24.7 Å². The Morgan fingerprint density at radius 1 is 1.26 bits per heavy atom. The van der Waals surface area contributed by atoms with E-state index in [0.717, 1.165) is 25.9 Å². The second kappa shape index (κ2) is 7.90. The van der Waals surface area contributed by atoms with Crippen LogP contribution < -0.4 is 4.72 Å². The third kappa shape index (κ3) is 4.76. The highest BCUT2D eigenvalue weighted by Crippen LogP contribution is 2.19. The predicted molar refractivity (Wildman–Crippen MR) is 87.8 cm³/mol. The van der Waals surface area contributed by atoms with Crippen molar-refractivity contribution in [2.75, 3.05) is 33.4 Å². The Bertz CT molecular complexity index is 620. The molecule has 0 aromatic heterocycles. The van der Waals surface area contributed by atoms with Crippen LogP contribution in [0.3, 0.4) is 0 Å². The minimum atomic E-state index is -3.56. The number of carbonyl (C=O) groups excluding carboxylic acids is 1. The van der Waals surface area contributed by atoms with Crippen molar-refractivity contribution < 1.29 is 17.9 Å². The van der Waals surface area contributed by atoms with Gasteiger partial charge >= 0.3 is 0 Å². The molecular formula is C16H24N2O4S. The van der Waals surface area contributed by atoms with Gasteiger partial charge in [-0.05, 0) is 43.0 Å². The van der Waals surface area contributed by atoms with E-state index in [2.05, 4.69) is 11.6 Å². The van der Waals surface area contributed by atoms with E-state index in [1.807, 2.05) is 4.90 Å². The summed E-state index contributed by atoms with van der Waals surface area (Å²) in [5.41, 5.74) is 0.524. The van der Waals surface area contributed by atoms with E-state index in [9.17, 15) is 13.2 Å². The molecule has 1 aromatic carbocycles. The molecule has 1 fully saturated rings. The molecule has 1 N–H and O–H groups in total. The van der Waals surface area contributed by atoms with Gasteiger partial charge in [-0.15, -0.1) is 0 Å². The molecule has 0 saturated carbocycles. The number of hydrogen-bond acceptors (Lipinski definition) is 4. The number of methoxy groups -OCH3 is 1. The van der Waals surface area contributed by atoms with E-state index >= 15 is 0 Å². The van der Waals surface area contributed by atoms with Crippen LogP contribution in [-0.2, 0) is 14.8 Å². The fraction of sp³-hybridized carbons (Fsp3) is 0.562. The van der Waals surface area contributed by atoms with Crippen molar-refractivity contribution in [3.05, 3.63) is 29.8 Å². The van der Waals surface area contributed by atoms with Crippen molar-refractivity contribution in [2.24, 2.45) is 5.92 Å². The second-order valence-electron chi connectivity index (χ2n) is 5.89. The Morgan fingerprint density at radius 2 is 1.87 bits per heavy atom. The predicted octanol–water partition coefficient (Wildman–Crippen LogP) is 1.48. The molecule has 0 spiro atoms. The van der Waals surface area contributed by atoms with Crippen molar-refractivity contribution in [1.29, 1.82) is 0 Å². The maximum atomic E-state index is 12.4. The number of sulfonamides is 1. The first-order valence-electron chi connectivity index (χ1n) is 7.82. The van der Waals surface area contributed by atoms with Gasteiger partial charge in [0.15, 0.2) is 0 Å². The Balaban J connectivity index is 2.02. The number of carbonyl (C=O) groups is 1. The van der Waals surface area contributed by atoms with Crippen LogP contribution in [0.1, 0.15) is 30.1 Å². The Labute approximate surface area is 137 Å². The number of rotatable bonds is 6. The average Bonchev–Trinajstić information content (AvgIpc) is 2.55. The van der Waals surface area contributed by atoms with E-state index < -0.39 is 10.0 Å². The number of amides is 1. The molecule has 1 heterocycles. The molecule has 0 atom stereocenters. The number of nitrogens with one attached hydrogen (secondary N) is 1. The summed E-state index contributed by atoms with van der Waals surface area (Å²) in [6.07, 6.45) is 2.03. The minimum absolute atomic E-state index is 0.0341. The first kappa shape index (κ1) is 17.9. The molecule has 1 saturated heterocycles. The van der Waals surface area contributed by atoms with Crippen molar-refractivity contribution >= 4 is 15.9 Å². The van der Waals surface area contributed by atoms with Crippen LogP contribution in [0.5, 0.6) is 0 Å². The van der Waals surface area contributed by atoms with Gasteiger partial charge in [0, 0.05) is 32.3 Å². The average molecular weight is 340 g/mol. The van der Waals surface area contributed by atoms with Crippen molar-refractivity contribution in [3.63, 3.8) is 0 Å². The van der Waals surface area contributed by atoms with Crippen LogP contribution in [0.4, 0.5) is 0 Å². The number of ether oxygens (including phenoxy) is 1. The number of likely N-dealkylation sites (tertiary alicyclic amines) is 1. The molecule has 7 heteroatoms. The van der Waals surface area contributed by atoms with E-state index in [0.29, 0.717) is 18.1 Å². The summed E-state index contributed by atoms with van der Waals surface area (Å²) >= 11 is 0. The second-order valence-corrected chi connectivity index (χ2v) is 7.66. The molecule has 1 aromatic rings. The summed E-state index contributed by atoms with van der Waals surface area (Å²) in [5, 5.41) is 0. The maximum absolute atomic E-state index is 12.4. The zero-order chi connectivity index (χ0) is 16.9. The monoisotopic (exact) mass is 340 g/mol. The standard InChI is InChI=1S/C16H24N2O4S/c1-13-7-10-18(11-8-13)16(19)14-3-5-15(6-4-14)23(20,21)17-9-12-22-2/h3-6,13,17H,7-12H2,1-2H3. The maximum Gasteiger partial charge on any atom is 0.253 e. The van der Waals surface area contributed by atoms with Gasteiger partial charge in [0.25, 0.3) is 5.91 Å². The lowest BCUT2D eigenvalue weighted by molar-refractivity contribution is 0.0697. The largest absolute Gasteiger partial charge is 0.383 e. The summed E-state index contributed by atoms with van der Waals surface area (Å²) in [4.78, 5) is 14.4. The lowest BCUT2D eigenvalue weighted by Crippen LogP contribution is -2.37. The lowest BCUT2D eigenvalue weighted by Gasteiger charge is -2.30. The molecule has 2 rings (SSSR count). The smallest absolute Gasteiger partial charge is 0.253 e. The van der Waals surface area contributed by atoms with Gasteiger partial charge in [0.05, 0.1) is 11.5 Å². The highest BCUT2D eigenvalue weighted by Gasteiger charge is 2.22. The normalized spacial score (nSPS) is 16.5. The van der Waals surface area contributed by atoms with Gasteiger partial charge in [-0.1, -0.05) is 6.92 Å². The van der Waals surface area contributed by atoms with Crippen LogP contribution >= 0.6 is 0 Å². The van der Waals surface area contributed by atoms with Crippen LogP contribution in [0, 0.1) is 5.92 Å². The van der Waals surface area contributed by atoms with Crippen molar-refractivity contribution in [1.82, 2.24) is 9.62 Å². The van der Waals surface area contributed by atoms with Gasteiger partial charge in [0.2, 0.25) is 10.0 Å². The summed E-state index contributed by atoms with van der Waals surface area (Å²) in [6.45, 7) is 4.24. The molecule has 0 radical (unpaired) electrons. The Morgan fingerprint density at radius 3 is 2.43 bits per heavy atom. The van der Waals surface area contributed by atoms with Crippen LogP contribution in [-0.4, -0.2) is 52.6 Å². The SMILES string of the molecule is COCCNS(=O)(=O)c1ccc(C(=O)N2CCC(C)CC2)cc1. The lowest BCUT2D eigenvalue weighted by atomic mass is 9.98. The third-order valence-corrected chi connectivity index (χ3v) is 5.56. The van der Waals surface area contributed by atoms with Gasteiger partial charge in [0.1, 0.15) is 0 Å². The van der Waals surface area contributed by atoms with Gasteiger partial charge < -0.3 is 9.64 Å². The summed E-state index contributed by atoms with van der Waals surface area (Å²) in [5.74, 6) is 0.623. The quantitative estimate of drug-likeness (QED) is 0.796. The van der Waals surface area contributed by atoms with Crippen molar-refractivity contribution in [3.8, 4) is 0 Å². The molecule has 0 aliphatic carbocycles. The van der Waals surface area contributed by atoms with Crippen LogP contribution in [0.15, 0.2) is 29.2 Å². The minimum Gasteiger partial charge on any atom is -0.383 e. The van der Waals surface area contributed by atoms with E-state index in [1.54, 1.807) is 12.1 Å². The molecule has 1 aliphatic rings. The summed E-state index contributed by atoms with van der Waals surface area (Å²) < 4.78 is 31.4. The van der Waals surface area contributed by atoms with Crippen LogP contribution in [0.25, 0.3) is 0 Å². The summed E-state index contributed by atoms with van der Waals surface area (Å²) in [6, 6.07) is 6.08. The fourth-order valence-corrected chi connectivity index (χ4v) is 3.55. The molecular weight excluding hydrogens is 316 g/mol. The number of benzene rings is 1. The van der Waals surface area contributed by atoms with Crippen LogP contribution in [0.2, 0.25) is 0 Å². The van der Waals surface area contributed by atoms with Gasteiger partial charge in [-0.2, -0.15) is 0 Å². The topological polar surface area (TPSA) is 75.7 Å².